The van der Waals surface area contributed by atoms with Crippen LogP contribution in [0.2, 0.25) is 5.02 Å². The van der Waals surface area contributed by atoms with E-state index in [4.69, 9.17) is 11.6 Å². The van der Waals surface area contributed by atoms with E-state index in [1.54, 1.807) is 18.2 Å². The van der Waals surface area contributed by atoms with E-state index in [1.807, 2.05) is 32.0 Å². The Hall–Kier alpha value is -1.45. The van der Waals surface area contributed by atoms with Crippen LogP contribution in [-0.4, -0.2) is 5.91 Å². The molecule has 4 heteroatoms. The molecule has 0 bridgehead atoms. The van der Waals surface area contributed by atoms with Gasteiger partial charge in [-0.15, -0.1) is 12.6 Å². The van der Waals surface area contributed by atoms with Gasteiger partial charge in [-0.05, 0) is 43.7 Å². The predicted octanol–water partition coefficient (Wildman–Crippen LogP) is 4.50. The number of rotatable bonds is 2. The van der Waals surface area contributed by atoms with Crippen molar-refractivity contribution in [2.75, 3.05) is 5.32 Å². The molecule has 0 saturated carbocycles. The Balaban J connectivity index is 2.28. The molecule has 0 aliphatic carbocycles. The minimum absolute atomic E-state index is 0.229. The van der Waals surface area contributed by atoms with Crippen molar-refractivity contribution in [1.29, 1.82) is 0 Å². The Morgan fingerprint density at radius 2 is 1.89 bits per heavy atom. The number of nitrogens with one attached hydrogen (secondary N) is 1. The fraction of sp³-hybridized carbons (Fsp3) is 0.133. The molecule has 98 valence electrons. The molecule has 1 amide bonds. The normalized spacial score (nSPS) is 10.3. The minimum atomic E-state index is -0.229. The summed E-state index contributed by atoms with van der Waals surface area (Å²) in [4.78, 5) is 12.9. The largest absolute Gasteiger partial charge is 0.322 e. The quantitative estimate of drug-likeness (QED) is 0.784. The Labute approximate surface area is 123 Å². The lowest BCUT2D eigenvalue weighted by molar-refractivity contribution is 0.102. The maximum Gasteiger partial charge on any atom is 0.257 e. The third-order valence-corrected chi connectivity index (χ3v) is 3.43. The summed E-state index contributed by atoms with van der Waals surface area (Å²) < 4.78 is 0. The van der Waals surface area contributed by atoms with E-state index >= 15 is 0 Å². The van der Waals surface area contributed by atoms with E-state index in [1.165, 1.54) is 0 Å². The molecule has 0 aliphatic heterocycles. The fourth-order valence-electron chi connectivity index (χ4n) is 1.83. The van der Waals surface area contributed by atoms with Gasteiger partial charge >= 0.3 is 0 Å². The van der Waals surface area contributed by atoms with E-state index < -0.39 is 0 Å². The highest BCUT2D eigenvalue weighted by molar-refractivity contribution is 7.80. The number of amides is 1. The first-order chi connectivity index (χ1) is 8.97. The van der Waals surface area contributed by atoms with E-state index in [-0.39, 0.29) is 5.91 Å². The van der Waals surface area contributed by atoms with Gasteiger partial charge in [0, 0.05) is 10.6 Å². The van der Waals surface area contributed by atoms with Crippen molar-refractivity contribution in [2.45, 2.75) is 18.7 Å². The number of halogens is 1. The number of hydrogen-bond donors (Lipinski definition) is 2. The van der Waals surface area contributed by atoms with Crippen LogP contribution in [0.3, 0.4) is 0 Å². The number of anilines is 1. The van der Waals surface area contributed by atoms with E-state index in [2.05, 4.69) is 17.9 Å². The molecule has 0 aliphatic rings. The monoisotopic (exact) mass is 291 g/mol. The van der Waals surface area contributed by atoms with Crippen LogP contribution in [0.5, 0.6) is 0 Å². The highest BCUT2D eigenvalue weighted by Crippen LogP contribution is 2.22. The summed E-state index contributed by atoms with van der Waals surface area (Å²) in [5.74, 6) is -0.229. The van der Waals surface area contributed by atoms with Crippen LogP contribution in [0.15, 0.2) is 41.3 Å². The first kappa shape index (κ1) is 14.0. The molecule has 2 nitrogen and oxygen atoms in total. The van der Waals surface area contributed by atoms with Gasteiger partial charge in [0.2, 0.25) is 0 Å². The van der Waals surface area contributed by atoms with Crippen LogP contribution in [0, 0.1) is 13.8 Å². The van der Waals surface area contributed by atoms with Crippen molar-refractivity contribution in [2.24, 2.45) is 0 Å². The second kappa shape index (κ2) is 5.68. The third kappa shape index (κ3) is 3.31. The van der Waals surface area contributed by atoms with Gasteiger partial charge in [0.1, 0.15) is 0 Å². The molecule has 2 rings (SSSR count). The number of carbonyl (C=O) groups excluding carboxylic acids is 1. The molecule has 0 spiro atoms. The summed E-state index contributed by atoms with van der Waals surface area (Å²) in [6.45, 7) is 3.97. The zero-order valence-corrected chi connectivity index (χ0v) is 12.3. The number of aryl methyl sites for hydroxylation is 2. The molecule has 0 heterocycles. The third-order valence-electron chi connectivity index (χ3n) is 2.82. The first-order valence-corrected chi connectivity index (χ1v) is 6.67. The molecule has 1 N–H and O–H groups in total. The van der Waals surface area contributed by atoms with Crippen molar-refractivity contribution in [3.05, 3.63) is 58.1 Å². The Morgan fingerprint density at radius 3 is 2.58 bits per heavy atom. The SMILES string of the molecule is Cc1ccc(NC(=O)c2cc(S)ccc2Cl)c(C)c1. The standard InChI is InChI=1S/C15H14ClNOS/c1-9-3-6-14(10(2)7-9)17-15(18)12-8-11(19)4-5-13(12)16/h3-8,19H,1-2H3,(H,17,18). The summed E-state index contributed by atoms with van der Waals surface area (Å²) >= 11 is 10.2. The Morgan fingerprint density at radius 1 is 1.16 bits per heavy atom. The summed E-state index contributed by atoms with van der Waals surface area (Å²) in [5.41, 5.74) is 3.39. The molecule has 0 atom stereocenters. The molecule has 0 aromatic heterocycles. The van der Waals surface area contributed by atoms with Crippen LogP contribution >= 0.6 is 24.2 Å². The lowest BCUT2D eigenvalue weighted by atomic mass is 10.1. The molecule has 0 saturated heterocycles. The highest BCUT2D eigenvalue weighted by Gasteiger charge is 2.12. The van der Waals surface area contributed by atoms with Crippen LogP contribution < -0.4 is 5.32 Å². The van der Waals surface area contributed by atoms with Gasteiger partial charge in [0.05, 0.1) is 10.6 Å². The van der Waals surface area contributed by atoms with Crippen LogP contribution in [-0.2, 0) is 0 Å². The molecule has 0 radical (unpaired) electrons. The molecule has 0 fully saturated rings. The second-order valence-corrected chi connectivity index (χ2v) is 5.36. The van der Waals surface area contributed by atoms with Gasteiger partial charge in [-0.2, -0.15) is 0 Å². The highest BCUT2D eigenvalue weighted by atomic mass is 35.5. The van der Waals surface area contributed by atoms with Gasteiger partial charge in [-0.25, -0.2) is 0 Å². The van der Waals surface area contributed by atoms with E-state index in [0.717, 1.165) is 16.8 Å². The molecular weight excluding hydrogens is 278 g/mol. The Bertz CT molecular complexity index is 640. The number of hydrogen-bond acceptors (Lipinski definition) is 2. The molecule has 2 aromatic rings. The van der Waals surface area contributed by atoms with Crippen LogP contribution in [0.25, 0.3) is 0 Å². The van der Waals surface area contributed by atoms with Crippen molar-refractivity contribution >= 4 is 35.8 Å². The maximum atomic E-state index is 12.2. The zero-order chi connectivity index (χ0) is 14.0. The summed E-state index contributed by atoms with van der Waals surface area (Å²) in [7, 11) is 0. The van der Waals surface area contributed by atoms with Crippen molar-refractivity contribution in [1.82, 2.24) is 0 Å². The van der Waals surface area contributed by atoms with Crippen molar-refractivity contribution in [3.63, 3.8) is 0 Å². The average Bonchev–Trinajstić information content (AvgIpc) is 2.35. The summed E-state index contributed by atoms with van der Waals surface area (Å²) in [5, 5.41) is 3.28. The van der Waals surface area contributed by atoms with Gasteiger partial charge in [0.15, 0.2) is 0 Å². The van der Waals surface area contributed by atoms with Gasteiger partial charge in [0.25, 0.3) is 5.91 Å². The molecule has 0 unspecified atom stereocenters. The van der Waals surface area contributed by atoms with Crippen LogP contribution in [0.1, 0.15) is 21.5 Å². The lowest BCUT2D eigenvalue weighted by Gasteiger charge is -2.10. The maximum absolute atomic E-state index is 12.2. The van der Waals surface area contributed by atoms with E-state index in [9.17, 15) is 4.79 Å². The molecule has 2 aromatic carbocycles. The molecule has 19 heavy (non-hydrogen) atoms. The summed E-state index contributed by atoms with van der Waals surface area (Å²) in [6, 6.07) is 10.9. The average molecular weight is 292 g/mol. The van der Waals surface area contributed by atoms with Crippen LogP contribution in [0.4, 0.5) is 5.69 Å². The van der Waals surface area contributed by atoms with Gasteiger partial charge in [-0.1, -0.05) is 29.3 Å². The minimum Gasteiger partial charge on any atom is -0.322 e. The first-order valence-electron chi connectivity index (χ1n) is 5.84. The molecular formula is C15H14ClNOS. The Kier molecular flexibility index (Phi) is 4.17. The van der Waals surface area contributed by atoms with Gasteiger partial charge < -0.3 is 5.32 Å². The summed E-state index contributed by atoms with van der Waals surface area (Å²) in [6.07, 6.45) is 0. The second-order valence-electron chi connectivity index (χ2n) is 4.44. The van der Waals surface area contributed by atoms with E-state index in [0.29, 0.717) is 15.5 Å². The smallest absolute Gasteiger partial charge is 0.257 e. The zero-order valence-electron chi connectivity index (χ0n) is 10.7. The predicted molar refractivity (Wildman–Crippen MR) is 82.6 cm³/mol. The fourth-order valence-corrected chi connectivity index (χ4v) is 2.24. The number of benzene rings is 2. The van der Waals surface area contributed by atoms with Gasteiger partial charge in [-0.3, -0.25) is 4.79 Å². The number of thiol groups is 1. The van der Waals surface area contributed by atoms with Crippen molar-refractivity contribution in [3.8, 4) is 0 Å². The number of carbonyl (C=O) groups is 1. The topological polar surface area (TPSA) is 29.1 Å². The lowest BCUT2D eigenvalue weighted by Crippen LogP contribution is -2.13. The van der Waals surface area contributed by atoms with Crippen molar-refractivity contribution < 1.29 is 4.79 Å².